The molecule has 3 rings (SSSR count). The number of halogens is 2. The summed E-state index contributed by atoms with van der Waals surface area (Å²) < 4.78 is 5.06. The summed E-state index contributed by atoms with van der Waals surface area (Å²) >= 11 is 13.1. The minimum atomic E-state index is -0.435. The Morgan fingerprint density at radius 1 is 1.09 bits per heavy atom. The molecular weight excluding hydrogens is 513 g/mol. The van der Waals surface area contributed by atoms with Gasteiger partial charge >= 0.3 is 0 Å². The highest BCUT2D eigenvalue weighted by atomic mass is 35.5. The number of carbonyl (C=O) groups is 3. The minimum Gasteiger partial charge on any atom is -0.383 e. The average molecular weight is 536 g/mol. The van der Waals surface area contributed by atoms with Crippen LogP contribution in [0.25, 0.3) is 0 Å². The van der Waals surface area contributed by atoms with Gasteiger partial charge in [0, 0.05) is 30.8 Å². The van der Waals surface area contributed by atoms with Crippen molar-refractivity contribution in [1.82, 2.24) is 20.2 Å². The topological polar surface area (TPSA) is 114 Å². The van der Waals surface area contributed by atoms with E-state index in [9.17, 15) is 14.4 Å². The van der Waals surface area contributed by atoms with Gasteiger partial charge in [-0.3, -0.25) is 19.4 Å². The number of nitrogens with one attached hydrogen (secondary N) is 2. The molecule has 0 atom stereocenters. The summed E-state index contributed by atoms with van der Waals surface area (Å²) in [5, 5.41) is 8.05. The predicted octanol–water partition coefficient (Wildman–Crippen LogP) is 3.43. The zero-order valence-corrected chi connectivity index (χ0v) is 21.1. The van der Waals surface area contributed by atoms with E-state index < -0.39 is 5.91 Å². The second kappa shape index (κ2) is 13.1. The van der Waals surface area contributed by atoms with Gasteiger partial charge in [-0.1, -0.05) is 29.3 Å². The highest BCUT2D eigenvalue weighted by Crippen LogP contribution is 2.23. The molecule has 0 saturated heterocycles. The molecule has 12 heteroatoms. The normalized spacial score (nSPS) is 10.6. The molecule has 0 bridgehead atoms. The third-order valence-corrected chi connectivity index (χ3v) is 6.23. The molecule has 0 radical (unpaired) electrons. The van der Waals surface area contributed by atoms with Crippen LogP contribution in [0.5, 0.6) is 0 Å². The Bertz CT molecular complexity index is 1180. The second-order valence-electron chi connectivity index (χ2n) is 7.32. The molecule has 0 spiro atoms. The summed E-state index contributed by atoms with van der Waals surface area (Å²) in [5.41, 5.74) is 1.57. The Kier molecular flexibility index (Phi) is 9.98. The number of ether oxygens (including phenoxy) is 1. The number of anilines is 1. The standard InChI is InChI=1S/C23H23Cl2N5O4S/c1-34-9-8-30(22(33)15-5-6-18(24)19(25)10-15)13-21(32)29-23-28-17(14-35-23)11-20(31)27-12-16-4-2-3-7-26-16/h2-7,10,14H,8-9,11-13H2,1H3,(H,27,31)(H,28,29,32). The Morgan fingerprint density at radius 2 is 1.91 bits per heavy atom. The van der Waals surface area contributed by atoms with E-state index in [1.165, 1.54) is 35.5 Å². The Labute approximate surface area is 216 Å². The van der Waals surface area contributed by atoms with E-state index in [1.807, 2.05) is 12.1 Å². The van der Waals surface area contributed by atoms with Crippen molar-refractivity contribution < 1.29 is 19.1 Å². The van der Waals surface area contributed by atoms with Crippen molar-refractivity contribution in [1.29, 1.82) is 0 Å². The molecule has 3 amide bonds. The molecule has 2 aromatic heterocycles. The summed E-state index contributed by atoms with van der Waals surface area (Å²) in [4.78, 5) is 47.5. The number of carbonyl (C=O) groups excluding carboxylic acids is 3. The zero-order valence-electron chi connectivity index (χ0n) is 18.8. The molecule has 2 heterocycles. The van der Waals surface area contributed by atoms with E-state index in [2.05, 4.69) is 20.6 Å². The van der Waals surface area contributed by atoms with E-state index >= 15 is 0 Å². The number of benzene rings is 1. The molecule has 1 aromatic carbocycles. The smallest absolute Gasteiger partial charge is 0.254 e. The average Bonchev–Trinajstić information content (AvgIpc) is 3.28. The van der Waals surface area contributed by atoms with Crippen LogP contribution in [0, 0.1) is 0 Å². The van der Waals surface area contributed by atoms with Gasteiger partial charge < -0.3 is 20.3 Å². The van der Waals surface area contributed by atoms with Gasteiger partial charge in [0.05, 0.1) is 41.0 Å². The van der Waals surface area contributed by atoms with Gasteiger partial charge in [0.25, 0.3) is 5.91 Å². The lowest BCUT2D eigenvalue weighted by Crippen LogP contribution is -2.40. The summed E-state index contributed by atoms with van der Waals surface area (Å²) in [6, 6.07) is 9.99. The largest absolute Gasteiger partial charge is 0.383 e. The summed E-state index contributed by atoms with van der Waals surface area (Å²) in [6.45, 7) is 0.539. The van der Waals surface area contributed by atoms with Gasteiger partial charge in [-0.25, -0.2) is 4.98 Å². The molecule has 3 aromatic rings. The molecule has 2 N–H and O–H groups in total. The molecule has 0 unspecified atom stereocenters. The van der Waals surface area contributed by atoms with Crippen molar-refractivity contribution in [3.63, 3.8) is 0 Å². The van der Waals surface area contributed by atoms with Crippen LogP contribution in [0.4, 0.5) is 5.13 Å². The van der Waals surface area contributed by atoms with Crippen molar-refractivity contribution in [2.75, 3.05) is 32.1 Å². The number of methoxy groups -OCH3 is 1. The first-order valence-electron chi connectivity index (χ1n) is 10.5. The highest BCUT2D eigenvalue weighted by molar-refractivity contribution is 7.13. The number of hydrogen-bond donors (Lipinski definition) is 2. The van der Waals surface area contributed by atoms with E-state index in [0.29, 0.717) is 28.0 Å². The number of aromatic nitrogens is 2. The molecule has 9 nitrogen and oxygen atoms in total. The summed E-state index contributed by atoms with van der Waals surface area (Å²) in [6.07, 6.45) is 1.72. The van der Waals surface area contributed by atoms with Crippen molar-refractivity contribution in [3.05, 3.63) is 75.0 Å². The third kappa shape index (κ3) is 8.29. The lowest BCUT2D eigenvalue weighted by molar-refractivity contribution is -0.120. The molecule has 0 aliphatic rings. The lowest BCUT2D eigenvalue weighted by Gasteiger charge is -2.22. The number of rotatable bonds is 11. The fourth-order valence-corrected chi connectivity index (χ4v) is 3.99. The van der Waals surface area contributed by atoms with Gasteiger partial charge in [-0.05, 0) is 30.3 Å². The van der Waals surface area contributed by atoms with E-state index in [-0.39, 0.29) is 43.0 Å². The first-order valence-corrected chi connectivity index (χ1v) is 12.1. The number of pyridine rings is 1. The Morgan fingerprint density at radius 3 is 2.63 bits per heavy atom. The zero-order chi connectivity index (χ0) is 25.2. The number of amides is 3. The molecular formula is C23H23Cl2N5O4S. The van der Waals surface area contributed by atoms with Gasteiger partial charge in [0.1, 0.15) is 6.54 Å². The maximum Gasteiger partial charge on any atom is 0.254 e. The number of nitrogens with zero attached hydrogens (tertiary/aromatic N) is 3. The first kappa shape index (κ1) is 26.6. The maximum atomic E-state index is 12.9. The first-order chi connectivity index (χ1) is 16.9. The maximum absolute atomic E-state index is 12.9. The van der Waals surface area contributed by atoms with E-state index in [4.69, 9.17) is 27.9 Å². The van der Waals surface area contributed by atoms with Gasteiger partial charge in [0.15, 0.2) is 5.13 Å². The molecule has 0 saturated carbocycles. The third-order valence-electron chi connectivity index (χ3n) is 4.69. The van der Waals surface area contributed by atoms with Crippen LogP contribution in [-0.4, -0.2) is 59.4 Å². The van der Waals surface area contributed by atoms with Gasteiger partial charge in [0.2, 0.25) is 11.8 Å². The number of hydrogen-bond acceptors (Lipinski definition) is 7. The predicted molar refractivity (Wildman–Crippen MR) is 135 cm³/mol. The van der Waals surface area contributed by atoms with Crippen molar-refractivity contribution in [2.24, 2.45) is 0 Å². The van der Waals surface area contributed by atoms with E-state index in [0.717, 1.165) is 5.69 Å². The summed E-state index contributed by atoms with van der Waals surface area (Å²) in [7, 11) is 1.51. The molecule has 184 valence electrons. The van der Waals surface area contributed by atoms with Crippen LogP contribution >= 0.6 is 34.5 Å². The lowest BCUT2D eigenvalue weighted by atomic mass is 10.2. The molecule has 0 aliphatic carbocycles. The van der Waals surface area contributed by atoms with Crippen LogP contribution < -0.4 is 10.6 Å². The Hall–Kier alpha value is -3.05. The quantitative estimate of drug-likeness (QED) is 0.388. The SMILES string of the molecule is COCCN(CC(=O)Nc1nc(CC(=O)NCc2ccccn2)cs1)C(=O)c1ccc(Cl)c(Cl)c1. The second-order valence-corrected chi connectivity index (χ2v) is 8.99. The Balaban J connectivity index is 1.55. The number of thiazole rings is 1. The van der Waals surface area contributed by atoms with Crippen LogP contribution in [-0.2, 0) is 27.3 Å². The molecule has 0 fully saturated rings. The fourth-order valence-electron chi connectivity index (χ4n) is 2.96. The monoisotopic (exact) mass is 535 g/mol. The van der Waals surface area contributed by atoms with Crippen LogP contribution in [0.1, 0.15) is 21.7 Å². The van der Waals surface area contributed by atoms with Crippen molar-refractivity contribution >= 4 is 57.4 Å². The molecule has 0 aliphatic heterocycles. The van der Waals surface area contributed by atoms with Crippen LogP contribution in [0.2, 0.25) is 10.0 Å². The minimum absolute atomic E-state index is 0.0645. The summed E-state index contributed by atoms with van der Waals surface area (Å²) in [5.74, 6) is -1.04. The van der Waals surface area contributed by atoms with E-state index in [1.54, 1.807) is 23.7 Å². The van der Waals surface area contributed by atoms with Crippen molar-refractivity contribution in [3.8, 4) is 0 Å². The van der Waals surface area contributed by atoms with Crippen LogP contribution in [0.15, 0.2) is 48.0 Å². The van der Waals surface area contributed by atoms with Gasteiger partial charge in [-0.2, -0.15) is 0 Å². The fraction of sp³-hybridized carbons (Fsp3) is 0.261. The van der Waals surface area contributed by atoms with Gasteiger partial charge in [-0.15, -0.1) is 11.3 Å². The highest BCUT2D eigenvalue weighted by Gasteiger charge is 2.20. The molecule has 35 heavy (non-hydrogen) atoms. The van der Waals surface area contributed by atoms with Crippen LogP contribution in [0.3, 0.4) is 0 Å². The van der Waals surface area contributed by atoms with Crippen molar-refractivity contribution in [2.45, 2.75) is 13.0 Å².